The molecule has 0 heterocycles. The Balaban J connectivity index is 1.81. The van der Waals surface area contributed by atoms with Gasteiger partial charge in [0.25, 0.3) is 26.0 Å². The van der Waals surface area contributed by atoms with E-state index in [0.29, 0.717) is 4.47 Å². The van der Waals surface area contributed by atoms with E-state index in [1.54, 1.807) is 36.4 Å². The molecule has 2 N–H and O–H groups in total. The molecule has 0 aliphatic heterocycles. The van der Waals surface area contributed by atoms with Gasteiger partial charge in [0, 0.05) is 12.6 Å². The molecule has 168 valence electrons. The van der Waals surface area contributed by atoms with Crippen LogP contribution >= 0.6 is 0 Å². The van der Waals surface area contributed by atoms with Crippen LogP contribution < -0.4 is 10.0 Å². The summed E-state index contributed by atoms with van der Waals surface area (Å²) in [7, 11) is -5.22. The van der Waals surface area contributed by atoms with Crippen LogP contribution in [0.3, 0.4) is 0 Å². The van der Waals surface area contributed by atoms with E-state index < -0.39 is 26.0 Å². The average molecular weight is 476 g/mol. The normalized spacial score (nSPS) is 11.8. The Kier molecular flexibility index (Phi) is 6.94. The number of anilines is 2. The number of amides is 1. The Morgan fingerprint density at radius 3 is 1.94 bits per heavy atom. The molecule has 9 nitrogen and oxygen atoms in total. The third kappa shape index (κ3) is 5.14. The van der Waals surface area contributed by atoms with Gasteiger partial charge in [0.1, 0.15) is 0 Å². The maximum atomic E-state index is 12.7. The quantitative estimate of drug-likeness (QED) is 0.483. The molecule has 3 aromatic carbocycles. The van der Waals surface area contributed by atoms with Gasteiger partial charge < -0.3 is 5.32 Å². The summed E-state index contributed by atoms with van der Waals surface area (Å²) in [6.07, 6.45) is 0. The highest BCUT2D eigenvalue weighted by Crippen LogP contribution is 2.25. The molecular weight excluding hydrogens is 454 g/mol. The zero-order valence-electron chi connectivity index (χ0n) is 17.2. The van der Waals surface area contributed by atoms with Crippen molar-refractivity contribution in [3.05, 3.63) is 84.4 Å². The predicted octanol–water partition coefficient (Wildman–Crippen LogP) is 2.92. The van der Waals surface area contributed by atoms with Crippen LogP contribution in [-0.2, 0) is 24.9 Å². The van der Waals surface area contributed by atoms with Gasteiger partial charge in [-0.3, -0.25) is 14.4 Å². The molecule has 0 bridgehead atoms. The van der Waals surface area contributed by atoms with E-state index in [-0.39, 0.29) is 26.7 Å². The molecule has 32 heavy (non-hydrogen) atoms. The number of hydroxylamine groups is 1. The highest BCUT2D eigenvalue weighted by atomic mass is 32.2. The number of carbonyl (C=O) groups is 1. The van der Waals surface area contributed by atoms with Gasteiger partial charge in [0.05, 0.1) is 28.3 Å². The largest absolute Gasteiger partial charge is 0.320 e. The summed E-state index contributed by atoms with van der Waals surface area (Å²) in [5, 5.41) is 2.64. The summed E-state index contributed by atoms with van der Waals surface area (Å²) in [5.41, 5.74) is 0.614. The minimum Gasteiger partial charge on any atom is -0.320 e. The van der Waals surface area contributed by atoms with Crippen LogP contribution in [0.2, 0.25) is 0 Å². The summed E-state index contributed by atoms with van der Waals surface area (Å²) in [6.45, 7) is 0. The first-order valence-corrected chi connectivity index (χ1v) is 12.2. The first-order valence-electron chi connectivity index (χ1n) is 9.26. The fourth-order valence-electron chi connectivity index (χ4n) is 2.70. The number of nitrogens with zero attached hydrogens (tertiary/aromatic N) is 1. The smallest absolute Gasteiger partial charge is 0.264 e. The van der Waals surface area contributed by atoms with Crippen molar-refractivity contribution in [1.82, 2.24) is 4.47 Å². The fourth-order valence-corrected chi connectivity index (χ4v) is 4.78. The molecular formula is C21H21N3O6S2. The third-order valence-electron chi connectivity index (χ3n) is 4.48. The van der Waals surface area contributed by atoms with E-state index in [1.807, 2.05) is 0 Å². The summed E-state index contributed by atoms with van der Waals surface area (Å²) in [6, 6.07) is 19.4. The Labute approximate surface area is 186 Å². The number of carbonyl (C=O) groups excluding carboxylic acids is 1. The standard InChI is InChI=1S/C21H21N3O6S2/c1-24(30-2)32(28,29)18-14-12-16(13-15-18)21(25)22-19-10-6-7-11-20(19)23-31(26,27)17-8-4-3-5-9-17/h3-15,23H,1-2H3,(H,22,25). The van der Waals surface area contributed by atoms with Crippen molar-refractivity contribution < 1.29 is 26.5 Å². The molecule has 3 aromatic rings. The Morgan fingerprint density at radius 1 is 0.781 bits per heavy atom. The van der Waals surface area contributed by atoms with Crippen molar-refractivity contribution in [3.8, 4) is 0 Å². The second kappa shape index (κ2) is 9.49. The lowest BCUT2D eigenvalue weighted by Crippen LogP contribution is -2.25. The van der Waals surface area contributed by atoms with Crippen molar-refractivity contribution in [3.63, 3.8) is 0 Å². The summed E-state index contributed by atoms with van der Waals surface area (Å²) in [4.78, 5) is 17.4. The zero-order chi connectivity index (χ0) is 23.4. The third-order valence-corrected chi connectivity index (χ3v) is 7.56. The molecule has 0 atom stereocenters. The molecule has 0 spiro atoms. The summed E-state index contributed by atoms with van der Waals surface area (Å²) in [5.74, 6) is -0.541. The van der Waals surface area contributed by atoms with Crippen molar-refractivity contribution in [1.29, 1.82) is 0 Å². The van der Waals surface area contributed by atoms with Crippen LogP contribution in [0.1, 0.15) is 10.4 Å². The lowest BCUT2D eigenvalue weighted by molar-refractivity contribution is -0.0258. The second-order valence-electron chi connectivity index (χ2n) is 6.54. The van der Waals surface area contributed by atoms with Crippen LogP contribution in [0.25, 0.3) is 0 Å². The minimum absolute atomic E-state index is 0.0468. The topological polar surface area (TPSA) is 122 Å². The second-order valence-corrected chi connectivity index (χ2v) is 10.2. The number of hydrogen-bond acceptors (Lipinski definition) is 6. The molecule has 0 unspecified atom stereocenters. The average Bonchev–Trinajstić information content (AvgIpc) is 2.80. The molecule has 0 aliphatic carbocycles. The van der Waals surface area contributed by atoms with Gasteiger partial charge in [-0.25, -0.2) is 16.8 Å². The van der Waals surface area contributed by atoms with E-state index in [9.17, 15) is 21.6 Å². The number of rotatable bonds is 8. The van der Waals surface area contributed by atoms with E-state index in [0.717, 1.165) is 0 Å². The summed E-state index contributed by atoms with van der Waals surface area (Å²) < 4.78 is 53.0. The Bertz CT molecular complexity index is 1310. The molecule has 1 amide bonds. The molecule has 0 radical (unpaired) electrons. The maximum Gasteiger partial charge on any atom is 0.264 e. The molecule has 11 heteroatoms. The Hall–Kier alpha value is -3.25. The lowest BCUT2D eigenvalue weighted by atomic mass is 10.2. The lowest BCUT2D eigenvalue weighted by Gasteiger charge is -2.15. The molecule has 0 aliphatic rings. The van der Waals surface area contributed by atoms with Gasteiger partial charge in [-0.2, -0.15) is 0 Å². The number of hydrogen-bond donors (Lipinski definition) is 2. The van der Waals surface area contributed by atoms with Crippen molar-refractivity contribution in [2.75, 3.05) is 24.2 Å². The number of para-hydroxylation sites is 2. The van der Waals surface area contributed by atoms with Gasteiger partial charge >= 0.3 is 0 Å². The van der Waals surface area contributed by atoms with Gasteiger partial charge in [-0.05, 0) is 48.5 Å². The minimum atomic E-state index is -3.85. The SMILES string of the molecule is CON(C)S(=O)(=O)c1ccc(C(=O)Nc2ccccc2NS(=O)(=O)c2ccccc2)cc1. The molecule has 0 saturated carbocycles. The van der Waals surface area contributed by atoms with Gasteiger partial charge in [0.2, 0.25) is 0 Å². The van der Waals surface area contributed by atoms with Crippen LogP contribution in [0.5, 0.6) is 0 Å². The number of nitrogens with one attached hydrogen (secondary N) is 2. The van der Waals surface area contributed by atoms with Crippen molar-refractivity contribution in [2.45, 2.75) is 9.79 Å². The van der Waals surface area contributed by atoms with Crippen LogP contribution in [0.4, 0.5) is 11.4 Å². The van der Waals surface area contributed by atoms with Crippen molar-refractivity contribution in [2.24, 2.45) is 0 Å². The van der Waals surface area contributed by atoms with Crippen LogP contribution in [-0.4, -0.2) is 41.4 Å². The molecule has 0 fully saturated rings. The predicted molar refractivity (Wildman–Crippen MR) is 120 cm³/mol. The first kappa shape index (κ1) is 23.4. The monoisotopic (exact) mass is 475 g/mol. The van der Waals surface area contributed by atoms with Gasteiger partial charge in [0.15, 0.2) is 0 Å². The first-order chi connectivity index (χ1) is 15.1. The van der Waals surface area contributed by atoms with E-state index in [4.69, 9.17) is 4.84 Å². The van der Waals surface area contributed by atoms with Crippen LogP contribution in [0, 0.1) is 0 Å². The number of benzene rings is 3. The van der Waals surface area contributed by atoms with Gasteiger partial charge in [-0.1, -0.05) is 34.8 Å². The Morgan fingerprint density at radius 2 is 1.34 bits per heavy atom. The molecule has 0 saturated heterocycles. The molecule has 3 rings (SSSR count). The van der Waals surface area contributed by atoms with E-state index >= 15 is 0 Å². The maximum absolute atomic E-state index is 12.7. The van der Waals surface area contributed by atoms with Gasteiger partial charge in [-0.15, -0.1) is 0 Å². The number of sulfonamides is 2. The highest BCUT2D eigenvalue weighted by Gasteiger charge is 2.21. The molecule has 0 aromatic heterocycles. The summed E-state index contributed by atoms with van der Waals surface area (Å²) >= 11 is 0. The van der Waals surface area contributed by atoms with Crippen molar-refractivity contribution >= 4 is 37.3 Å². The zero-order valence-corrected chi connectivity index (χ0v) is 18.9. The highest BCUT2D eigenvalue weighted by molar-refractivity contribution is 7.92. The fraction of sp³-hybridized carbons (Fsp3) is 0.0952. The van der Waals surface area contributed by atoms with Crippen LogP contribution in [0.15, 0.2) is 88.7 Å². The van der Waals surface area contributed by atoms with E-state index in [2.05, 4.69) is 10.0 Å². The van der Waals surface area contributed by atoms with E-state index in [1.165, 1.54) is 56.6 Å².